The fourth-order valence-electron chi connectivity index (χ4n) is 4.16. The zero-order valence-corrected chi connectivity index (χ0v) is 14.4. The third kappa shape index (κ3) is 1.73. The minimum atomic E-state index is 1.03. The van der Waals surface area contributed by atoms with E-state index in [1.54, 1.807) is 0 Å². The number of imidazole rings is 1. The van der Waals surface area contributed by atoms with Crippen molar-refractivity contribution in [2.24, 2.45) is 0 Å². The maximum Gasteiger partial charge on any atom is 0.146 e. The van der Waals surface area contributed by atoms with Gasteiger partial charge in [0.1, 0.15) is 5.65 Å². The van der Waals surface area contributed by atoms with Crippen LogP contribution >= 0.6 is 0 Å². The standard InChI is InChI=1S/C24H16N2/c1-15-10-11-18-19(12-15)20-13-16-6-2-3-7-17(16)14-23(20)26-22-9-5-4-8-21(22)25-24(18)26/h2-14H,1H3. The van der Waals surface area contributed by atoms with Crippen molar-refractivity contribution in [3.05, 3.63) is 84.4 Å². The van der Waals surface area contributed by atoms with Crippen LogP contribution in [-0.2, 0) is 0 Å². The predicted molar refractivity (Wildman–Crippen MR) is 110 cm³/mol. The molecule has 2 nitrogen and oxygen atoms in total. The molecule has 0 amide bonds. The minimum absolute atomic E-state index is 1.03. The van der Waals surface area contributed by atoms with Crippen LogP contribution in [0, 0.1) is 6.92 Å². The van der Waals surface area contributed by atoms with E-state index in [4.69, 9.17) is 4.98 Å². The van der Waals surface area contributed by atoms with Gasteiger partial charge < -0.3 is 0 Å². The molecule has 0 unspecified atom stereocenters. The van der Waals surface area contributed by atoms with Crippen molar-refractivity contribution in [3.8, 4) is 0 Å². The molecule has 26 heavy (non-hydrogen) atoms. The molecule has 122 valence electrons. The highest BCUT2D eigenvalue weighted by Gasteiger charge is 2.14. The van der Waals surface area contributed by atoms with Crippen LogP contribution in [0.2, 0.25) is 0 Å². The molecule has 6 aromatic rings. The van der Waals surface area contributed by atoms with E-state index in [0.717, 1.165) is 16.7 Å². The first-order chi connectivity index (χ1) is 12.8. The first-order valence-electron chi connectivity index (χ1n) is 8.92. The summed E-state index contributed by atoms with van der Waals surface area (Å²) < 4.78 is 2.31. The predicted octanol–water partition coefficient (Wildman–Crippen LogP) is 6.26. The molecule has 0 radical (unpaired) electrons. The summed E-state index contributed by atoms with van der Waals surface area (Å²) in [5.74, 6) is 0. The molecule has 0 fully saturated rings. The molecule has 0 saturated heterocycles. The Morgan fingerprint density at radius 1 is 0.654 bits per heavy atom. The highest BCUT2D eigenvalue weighted by Crippen LogP contribution is 2.34. The molecule has 0 spiro atoms. The van der Waals surface area contributed by atoms with E-state index >= 15 is 0 Å². The van der Waals surface area contributed by atoms with Crippen LogP contribution in [0.5, 0.6) is 0 Å². The van der Waals surface area contributed by atoms with Crippen molar-refractivity contribution < 1.29 is 0 Å². The van der Waals surface area contributed by atoms with Gasteiger partial charge in [0.2, 0.25) is 0 Å². The Morgan fingerprint density at radius 3 is 2.31 bits per heavy atom. The van der Waals surface area contributed by atoms with Crippen molar-refractivity contribution in [2.45, 2.75) is 6.92 Å². The van der Waals surface area contributed by atoms with Gasteiger partial charge in [0.15, 0.2) is 0 Å². The van der Waals surface area contributed by atoms with Crippen molar-refractivity contribution in [1.82, 2.24) is 9.38 Å². The first kappa shape index (κ1) is 13.9. The van der Waals surface area contributed by atoms with Gasteiger partial charge in [-0.2, -0.15) is 0 Å². The monoisotopic (exact) mass is 332 g/mol. The first-order valence-corrected chi connectivity index (χ1v) is 8.92. The second-order valence-electron chi connectivity index (χ2n) is 7.03. The van der Waals surface area contributed by atoms with E-state index in [0.29, 0.717) is 0 Å². The van der Waals surface area contributed by atoms with E-state index in [2.05, 4.69) is 90.2 Å². The van der Waals surface area contributed by atoms with E-state index in [1.807, 2.05) is 0 Å². The summed E-state index contributed by atoms with van der Waals surface area (Å²) in [5, 5.41) is 6.28. The van der Waals surface area contributed by atoms with Crippen molar-refractivity contribution in [2.75, 3.05) is 0 Å². The normalized spacial score (nSPS) is 12.0. The molecular formula is C24H16N2. The number of aromatic nitrogens is 2. The van der Waals surface area contributed by atoms with Gasteiger partial charge in [-0.3, -0.25) is 4.40 Å². The van der Waals surface area contributed by atoms with E-state index < -0.39 is 0 Å². The third-order valence-corrected chi connectivity index (χ3v) is 5.37. The Balaban J connectivity index is 2.02. The average molecular weight is 332 g/mol. The quantitative estimate of drug-likeness (QED) is 0.237. The van der Waals surface area contributed by atoms with Gasteiger partial charge in [-0.25, -0.2) is 4.98 Å². The van der Waals surface area contributed by atoms with E-state index in [9.17, 15) is 0 Å². The number of rotatable bonds is 0. The van der Waals surface area contributed by atoms with Gasteiger partial charge in [-0.05, 0) is 47.3 Å². The van der Waals surface area contributed by atoms with Crippen molar-refractivity contribution in [3.63, 3.8) is 0 Å². The molecule has 6 rings (SSSR count). The second kappa shape index (κ2) is 4.83. The Hall–Kier alpha value is -3.39. The maximum atomic E-state index is 4.97. The number of benzene rings is 4. The lowest BCUT2D eigenvalue weighted by Crippen LogP contribution is -1.92. The molecule has 0 aliphatic carbocycles. The largest absolute Gasteiger partial charge is 0.292 e. The SMILES string of the molecule is Cc1ccc2c(c1)c1cc3ccccc3cc1n1c3ccccc3nc21. The van der Waals surface area contributed by atoms with Gasteiger partial charge in [0, 0.05) is 10.8 Å². The lowest BCUT2D eigenvalue weighted by atomic mass is 10.0. The molecule has 0 N–H and O–H groups in total. The zero-order valence-electron chi connectivity index (χ0n) is 14.4. The number of hydrogen-bond donors (Lipinski definition) is 0. The van der Waals surface area contributed by atoms with Crippen molar-refractivity contribution in [1.29, 1.82) is 0 Å². The lowest BCUT2D eigenvalue weighted by Gasteiger charge is -2.11. The molecule has 4 aromatic carbocycles. The zero-order chi connectivity index (χ0) is 17.3. The fraction of sp³-hybridized carbons (Fsp3) is 0.0417. The summed E-state index contributed by atoms with van der Waals surface area (Å²) in [4.78, 5) is 4.97. The van der Waals surface area contributed by atoms with Crippen LogP contribution in [0.3, 0.4) is 0 Å². The van der Waals surface area contributed by atoms with Crippen LogP contribution in [0.1, 0.15) is 5.56 Å². The fourth-order valence-corrected chi connectivity index (χ4v) is 4.16. The smallest absolute Gasteiger partial charge is 0.146 e. The summed E-state index contributed by atoms with van der Waals surface area (Å²) in [5.41, 5.74) is 5.71. The van der Waals surface area contributed by atoms with Crippen LogP contribution in [0.15, 0.2) is 78.9 Å². The molecule has 2 aromatic heterocycles. The molecule has 0 saturated carbocycles. The van der Waals surface area contributed by atoms with Crippen LogP contribution < -0.4 is 0 Å². The highest BCUT2D eigenvalue weighted by atomic mass is 15.0. The Bertz CT molecular complexity index is 1490. The molecule has 0 atom stereocenters. The maximum absolute atomic E-state index is 4.97. The summed E-state index contributed by atoms with van der Waals surface area (Å²) >= 11 is 0. The Labute approximate surface area is 150 Å². The summed E-state index contributed by atoms with van der Waals surface area (Å²) in [6, 6.07) is 28.2. The van der Waals surface area contributed by atoms with Gasteiger partial charge in [0.25, 0.3) is 0 Å². The topological polar surface area (TPSA) is 17.3 Å². The minimum Gasteiger partial charge on any atom is -0.292 e. The average Bonchev–Trinajstić information content (AvgIpc) is 3.06. The molecule has 0 aliphatic heterocycles. The summed E-state index contributed by atoms with van der Waals surface area (Å²) in [7, 11) is 0. The third-order valence-electron chi connectivity index (χ3n) is 5.37. The molecule has 0 bridgehead atoms. The van der Waals surface area contributed by atoms with Gasteiger partial charge in [0.05, 0.1) is 16.6 Å². The number of para-hydroxylation sites is 2. The van der Waals surface area contributed by atoms with E-state index in [1.165, 1.54) is 38.0 Å². The summed E-state index contributed by atoms with van der Waals surface area (Å²) in [6.07, 6.45) is 0. The van der Waals surface area contributed by atoms with Crippen molar-refractivity contribution >= 4 is 49.1 Å². The van der Waals surface area contributed by atoms with E-state index in [-0.39, 0.29) is 0 Å². The number of aryl methyl sites for hydroxylation is 1. The second-order valence-corrected chi connectivity index (χ2v) is 7.03. The molecule has 2 heteroatoms. The number of fused-ring (bicyclic) bond motifs is 9. The number of nitrogens with zero attached hydrogens (tertiary/aromatic N) is 2. The number of hydrogen-bond acceptors (Lipinski definition) is 1. The number of pyridine rings is 1. The lowest BCUT2D eigenvalue weighted by molar-refractivity contribution is 1.32. The van der Waals surface area contributed by atoms with Crippen LogP contribution in [-0.4, -0.2) is 9.38 Å². The summed E-state index contributed by atoms with van der Waals surface area (Å²) in [6.45, 7) is 2.15. The van der Waals surface area contributed by atoms with Gasteiger partial charge in [-0.15, -0.1) is 0 Å². The van der Waals surface area contributed by atoms with Gasteiger partial charge in [-0.1, -0.05) is 60.2 Å². The van der Waals surface area contributed by atoms with Crippen LogP contribution in [0.25, 0.3) is 49.1 Å². The van der Waals surface area contributed by atoms with Gasteiger partial charge >= 0.3 is 0 Å². The van der Waals surface area contributed by atoms with Crippen LogP contribution in [0.4, 0.5) is 0 Å². The molecular weight excluding hydrogens is 316 g/mol. The Kier molecular flexibility index (Phi) is 2.57. The highest BCUT2D eigenvalue weighted by molar-refractivity contribution is 6.16. The molecule has 2 heterocycles. The Morgan fingerprint density at radius 2 is 1.42 bits per heavy atom. The molecule has 0 aliphatic rings.